The molecule has 0 radical (unpaired) electrons. The second-order valence-electron chi connectivity index (χ2n) is 7.51. The SMILES string of the molecule is O=C(c1cscn1)N1CC2(CCN(Cc3ccc(C(F)(F)F)cc3)CC2)C1. The average molecular weight is 395 g/mol. The highest BCUT2D eigenvalue weighted by atomic mass is 32.1. The Morgan fingerprint density at radius 1 is 1.15 bits per heavy atom. The van der Waals surface area contributed by atoms with E-state index in [0.717, 1.165) is 56.7 Å². The minimum absolute atomic E-state index is 0.00839. The maximum absolute atomic E-state index is 12.6. The zero-order chi connectivity index (χ0) is 19.1. The van der Waals surface area contributed by atoms with Crippen molar-refractivity contribution >= 4 is 17.2 Å². The highest BCUT2D eigenvalue weighted by Crippen LogP contribution is 2.41. The van der Waals surface area contributed by atoms with E-state index in [1.54, 1.807) is 23.0 Å². The van der Waals surface area contributed by atoms with Gasteiger partial charge in [0.25, 0.3) is 5.91 Å². The van der Waals surface area contributed by atoms with Crippen LogP contribution in [-0.4, -0.2) is 46.9 Å². The molecule has 1 aromatic heterocycles. The van der Waals surface area contributed by atoms with Crippen LogP contribution in [0.4, 0.5) is 13.2 Å². The van der Waals surface area contributed by atoms with Gasteiger partial charge in [-0.1, -0.05) is 12.1 Å². The van der Waals surface area contributed by atoms with Gasteiger partial charge in [-0.05, 0) is 43.6 Å². The Balaban J connectivity index is 1.27. The first kappa shape index (κ1) is 18.4. The summed E-state index contributed by atoms with van der Waals surface area (Å²) in [5.74, 6) is 0.00839. The molecule has 0 saturated carbocycles. The lowest BCUT2D eigenvalue weighted by atomic mass is 9.72. The van der Waals surface area contributed by atoms with Gasteiger partial charge >= 0.3 is 6.18 Å². The van der Waals surface area contributed by atoms with Gasteiger partial charge in [0.1, 0.15) is 5.69 Å². The molecule has 4 rings (SSSR count). The average Bonchev–Trinajstić information content (AvgIpc) is 3.14. The van der Waals surface area contributed by atoms with E-state index in [-0.39, 0.29) is 11.3 Å². The first-order chi connectivity index (χ1) is 12.8. The lowest BCUT2D eigenvalue weighted by molar-refractivity contribution is -0.137. The lowest BCUT2D eigenvalue weighted by Crippen LogP contribution is -2.61. The number of likely N-dealkylation sites (tertiary alicyclic amines) is 2. The number of amides is 1. The fourth-order valence-electron chi connectivity index (χ4n) is 3.95. The number of hydrogen-bond acceptors (Lipinski definition) is 4. The summed E-state index contributed by atoms with van der Waals surface area (Å²) in [6.45, 7) is 4.02. The van der Waals surface area contributed by atoms with Gasteiger partial charge in [-0.2, -0.15) is 13.2 Å². The van der Waals surface area contributed by atoms with Crippen molar-refractivity contribution in [2.75, 3.05) is 26.2 Å². The number of aromatic nitrogens is 1. The summed E-state index contributed by atoms with van der Waals surface area (Å²) in [4.78, 5) is 20.5. The third kappa shape index (κ3) is 3.87. The molecule has 2 aliphatic heterocycles. The largest absolute Gasteiger partial charge is 0.416 e. The van der Waals surface area contributed by atoms with E-state index >= 15 is 0 Å². The minimum Gasteiger partial charge on any atom is -0.336 e. The molecular weight excluding hydrogens is 375 g/mol. The fourth-order valence-corrected chi connectivity index (χ4v) is 4.47. The molecule has 2 aromatic rings. The Morgan fingerprint density at radius 3 is 2.37 bits per heavy atom. The molecule has 3 heterocycles. The highest BCUT2D eigenvalue weighted by molar-refractivity contribution is 7.07. The van der Waals surface area contributed by atoms with E-state index in [9.17, 15) is 18.0 Å². The Morgan fingerprint density at radius 2 is 1.81 bits per heavy atom. The Kier molecular flexibility index (Phi) is 4.71. The highest BCUT2D eigenvalue weighted by Gasteiger charge is 2.47. The molecular formula is C19H20F3N3OS. The van der Waals surface area contributed by atoms with E-state index < -0.39 is 11.7 Å². The molecule has 27 heavy (non-hydrogen) atoms. The molecule has 4 nitrogen and oxygen atoms in total. The van der Waals surface area contributed by atoms with Crippen LogP contribution < -0.4 is 0 Å². The van der Waals surface area contributed by atoms with Crippen molar-refractivity contribution in [2.24, 2.45) is 5.41 Å². The number of thiazole rings is 1. The molecule has 0 N–H and O–H groups in total. The zero-order valence-corrected chi connectivity index (χ0v) is 15.5. The van der Waals surface area contributed by atoms with E-state index in [4.69, 9.17) is 0 Å². The summed E-state index contributed by atoms with van der Waals surface area (Å²) in [6.07, 6.45) is -2.27. The van der Waals surface area contributed by atoms with E-state index in [2.05, 4.69) is 9.88 Å². The number of hydrogen-bond donors (Lipinski definition) is 0. The predicted molar refractivity (Wildman–Crippen MR) is 96.4 cm³/mol. The van der Waals surface area contributed by atoms with Crippen molar-refractivity contribution in [1.82, 2.24) is 14.8 Å². The number of nitrogens with zero attached hydrogens (tertiary/aromatic N) is 3. The quantitative estimate of drug-likeness (QED) is 0.791. The first-order valence-corrected chi connectivity index (χ1v) is 9.85. The molecule has 1 amide bonds. The monoisotopic (exact) mass is 395 g/mol. The molecule has 0 aliphatic carbocycles. The number of rotatable bonds is 3. The number of carbonyl (C=O) groups is 1. The molecule has 2 aliphatic rings. The predicted octanol–water partition coefficient (Wildman–Crippen LogP) is 3.90. The van der Waals surface area contributed by atoms with Crippen molar-refractivity contribution < 1.29 is 18.0 Å². The normalized spacial score (nSPS) is 19.9. The zero-order valence-electron chi connectivity index (χ0n) is 14.7. The van der Waals surface area contributed by atoms with Gasteiger partial charge in [0.15, 0.2) is 0 Å². The molecule has 144 valence electrons. The third-order valence-electron chi connectivity index (χ3n) is 5.60. The first-order valence-electron chi connectivity index (χ1n) is 8.91. The van der Waals surface area contributed by atoms with Gasteiger partial charge in [0, 0.05) is 30.4 Å². The van der Waals surface area contributed by atoms with Crippen LogP contribution >= 0.6 is 11.3 Å². The maximum atomic E-state index is 12.6. The van der Waals surface area contributed by atoms with Crippen LogP contribution in [0.15, 0.2) is 35.2 Å². The van der Waals surface area contributed by atoms with Gasteiger partial charge in [-0.25, -0.2) is 4.98 Å². The summed E-state index contributed by atoms with van der Waals surface area (Å²) in [5, 5.41) is 1.78. The molecule has 0 unspecified atom stereocenters. The summed E-state index contributed by atoms with van der Waals surface area (Å²) in [5.41, 5.74) is 2.68. The molecule has 8 heteroatoms. The van der Waals surface area contributed by atoms with Crippen LogP contribution in [0.5, 0.6) is 0 Å². The molecule has 0 atom stereocenters. The van der Waals surface area contributed by atoms with Gasteiger partial charge in [-0.3, -0.25) is 9.69 Å². The van der Waals surface area contributed by atoms with Crippen molar-refractivity contribution in [2.45, 2.75) is 25.6 Å². The van der Waals surface area contributed by atoms with Crippen molar-refractivity contribution in [1.29, 1.82) is 0 Å². The van der Waals surface area contributed by atoms with Gasteiger partial charge in [-0.15, -0.1) is 11.3 Å². The van der Waals surface area contributed by atoms with Gasteiger partial charge < -0.3 is 4.90 Å². The molecule has 1 aromatic carbocycles. The summed E-state index contributed by atoms with van der Waals surface area (Å²) in [7, 11) is 0. The fraction of sp³-hybridized carbons (Fsp3) is 0.474. The van der Waals surface area contributed by atoms with Crippen LogP contribution in [0.1, 0.15) is 34.5 Å². The standard InChI is InChI=1S/C19H20F3N3OS/c20-19(21,22)15-3-1-14(2-4-15)9-24-7-5-18(6-8-24)11-25(12-18)17(26)16-10-27-13-23-16/h1-4,10,13H,5-9,11-12H2. The smallest absolute Gasteiger partial charge is 0.336 e. The van der Waals surface area contributed by atoms with Gasteiger partial charge in [0.05, 0.1) is 11.1 Å². The van der Waals surface area contributed by atoms with E-state index in [1.807, 2.05) is 4.90 Å². The number of piperidine rings is 1. The van der Waals surface area contributed by atoms with Crippen LogP contribution in [0, 0.1) is 5.41 Å². The van der Waals surface area contributed by atoms with Crippen LogP contribution in [0.3, 0.4) is 0 Å². The van der Waals surface area contributed by atoms with Crippen LogP contribution in [0.25, 0.3) is 0 Å². The number of halogens is 3. The second kappa shape index (κ2) is 6.91. The van der Waals surface area contributed by atoms with Gasteiger partial charge in [0.2, 0.25) is 0 Å². The van der Waals surface area contributed by atoms with Crippen molar-refractivity contribution in [3.8, 4) is 0 Å². The number of benzene rings is 1. The topological polar surface area (TPSA) is 36.4 Å². The van der Waals surface area contributed by atoms with Crippen LogP contribution in [-0.2, 0) is 12.7 Å². The summed E-state index contributed by atoms with van der Waals surface area (Å²) >= 11 is 1.42. The lowest BCUT2D eigenvalue weighted by Gasteiger charge is -2.53. The Labute approximate surface area is 159 Å². The molecule has 1 spiro atoms. The minimum atomic E-state index is -4.29. The summed E-state index contributed by atoms with van der Waals surface area (Å²) in [6, 6.07) is 5.42. The summed E-state index contributed by atoms with van der Waals surface area (Å²) < 4.78 is 37.9. The molecule has 0 bridgehead atoms. The van der Waals surface area contributed by atoms with Crippen molar-refractivity contribution in [3.63, 3.8) is 0 Å². The third-order valence-corrected chi connectivity index (χ3v) is 6.18. The van der Waals surface area contributed by atoms with Crippen LogP contribution in [0.2, 0.25) is 0 Å². The maximum Gasteiger partial charge on any atom is 0.416 e. The number of alkyl halides is 3. The Hall–Kier alpha value is -1.93. The Bertz CT molecular complexity index is 789. The van der Waals surface area contributed by atoms with E-state index in [1.165, 1.54) is 11.3 Å². The molecule has 2 fully saturated rings. The van der Waals surface area contributed by atoms with E-state index in [0.29, 0.717) is 12.2 Å². The van der Waals surface area contributed by atoms with Crippen molar-refractivity contribution in [3.05, 3.63) is 52.0 Å². The number of carbonyl (C=O) groups excluding carboxylic acids is 1. The molecule has 2 saturated heterocycles. The second-order valence-corrected chi connectivity index (χ2v) is 8.22.